The predicted molar refractivity (Wildman–Crippen MR) is 73.9 cm³/mol. The smallest absolute Gasteiger partial charge is 0.223 e. The Labute approximate surface area is 126 Å². The Morgan fingerprint density at radius 3 is 2.77 bits per heavy atom. The number of aliphatic hydroxyl groups excluding tert-OH is 1. The number of aromatic nitrogens is 2. The summed E-state index contributed by atoms with van der Waals surface area (Å²) < 4.78 is 32.5. The lowest BCUT2D eigenvalue weighted by Crippen LogP contribution is -2.29. The highest BCUT2D eigenvalue weighted by Gasteiger charge is 2.32. The molecule has 118 valence electrons. The van der Waals surface area contributed by atoms with Crippen LogP contribution in [-0.4, -0.2) is 33.2 Å². The van der Waals surface area contributed by atoms with Gasteiger partial charge in [0.15, 0.2) is 5.82 Å². The fraction of sp³-hybridized carbons (Fsp3) is 0.467. The lowest BCUT2D eigenvalue weighted by molar-refractivity contribution is 0.0976. The van der Waals surface area contributed by atoms with Gasteiger partial charge in [0.25, 0.3) is 0 Å². The molecule has 0 spiro atoms. The Morgan fingerprint density at radius 2 is 2.14 bits per heavy atom. The topological polar surface area (TPSA) is 62.4 Å². The molecule has 1 saturated heterocycles. The molecule has 2 aromatic rings. The van der Waals surface area contributed by atoms with Gasteiger partial charge in [-0.25, -0.2) is 8.78 Å². The molecule has 0 amide bonds. The van der Waals surface area contributed by atoms with Gasteiger partial charge >= 0.3 is 0 Å². The molecule has 1 aliphatic heterocycles. The molecule has 1 fully saturated rings. The first-order valence-electron chi connectivity index (χ1n) is 7.22. The highest BCUT2D eigenvalue weighted by molar-refractivity contribution is 5.22. The van der Waals surface area contributed by atoms with Gasteiger partial charge < -0.3 is 9.63 Å². The molecule has 0 unspecified atom stereocenters. The Morgan fingerprint density at radius 1 is 1.41 bits per heavy atom. The van der Waals surface area contributed by atoms with Gasteiger partial charge in [0.1, 0.15) is 11.6 Å². The number of hydrogen-bond donors (Lipinski definition) is 1. The van der Waals surface area contributed by atoms with Crippen LogP contribution in [0.15, 0.2) is 22.7 Å². The molecule has 1 aliphatic rings. The molecular formula is C15H17F2N3O2. The minimum absolute atomic E-state index is 0.0954. The average molecular weight is 309 g/mol. The van der Waals surface area contributed by atoms with Crippen molar-refractivity contribution in [1.82, 2.24) is 15.0 Å². The summed E-state index contributed by atoms with van der Waals surface area (Å²) in [6.45, 7) is 2.54. The second kappa shape index (κ2) is 6.10. The number of halogens is 2. The van der Waals surface area contributed by atoms with E-state index in [1.807, 2.05) is 4.90 Å². The normalized spacial score (nSPS) is 20.5. The van der Waals surface area contributed by atoms with Crippen molar-refractivity contribution < 1.29 is 18.4 Å². The van der Waals surface area contributed by atoms with E-state index in [-0.39, 0.29) is 18.2 Å². The molecule has 0 radical (unpaired) electrons. The summed E-state index contributed by atoms with van der Waals surface area (Å²) in [5.41, 5.74) is -0.294. The second-order valence-electron chi connectivity index (χ2n) is 5.48. The Balaban J connectivity index is 1.77. The van der Waals surface area contributed by atoms with E-state index >= 15 is 0 Å². The van der Waals surface area contributed by atoms with Crippen LogP contribution in [0.1, 0.15) is 42.3 Å². The molecule has 7 heteroatoms. The lowest BCUT2D eigenvalue weighted by Gasteiger charge is -2.25. The van der Waals surface area contributed by atoms with Crippen molar-refractivity contribution in [3.05, 3.63) is 47.1 Å². The molecule has 1 aromatic heterocycles. The van der Waals surface area contributed by atoms with Gasteiger partial charge in [-0.05, 0) is 31.5 Å². The van der Waals surface area contributed by atoms with Crippen LogP contribution < -0.4 is 0 Å². The van der Waals surface area contributed by atoms with Crippen LogP contribution >= 0.6 is 0 Å². The highest BCUT2D eigenvalue weighted by Crippen LogP contribution is 2.32. The van der Waals surface area contributed by atoms with Crippen molar-refractivity contribution in [2.24, 2.45) is 0 Å². The number of likely N-dealkylation sites (tertiary alicyclic amines) is 1. The van der Waals surface area contributed by atoms with E-state index in [0.29, 0.717) is 18.3 Å². The molecule has 2 heterocycles. The first-order valence-corrected chi connectivity index (χ1v) is 7.22. The number of rotatable bonds is 4. The number of hydrogen-bond acceptors (Lipinski definition) is 5. The second-order valence-corrected chi connectivity index (χ2v) is 5.48. The minimum Gasteiger partial charge on any atom is -0.387 e. The van der Waals surface area contributed by atoms with Crippen LogP contribution in [-0.2, 0) is 0 Å². The van der Waals surface area contributed by atoms with Crippen LogP contribution in [0.2, 0.25) is 0 Å². The first kappa shape index (κ1) is 15.1. The summed E-state index contributed by atoms with van der Waals surface area (Å²) in [4.78, 5) is 6.14. The predicted octanol–water partition coefficient (Wildman–Crippen LogP) is 2.53. The zero-order chi connectivity index (χ0) is 15.7. The monoisotopic (exact) mass is 309 g/mol. The standard InChI is InChI=1S/C15H17F2N3O2/c1-9-18-15(19-22-9)12-6-3-7-20(12)8-13(21)14-10(16)4-2-5-11(14)17/h2,4-5,12-13,21H,3,6-8H2,1H3/t12-,13-/m0/s1. The van der Waals surface area contributed by atoms with Crippen LogP contribution in [0.25, 0.3) is 0 Å². The third-order valence-corrected chi connectivity index (χ3v) is 3.95. The third-order valence-electron chi connectivity index (χ3n) is 3.95. The maximum atomic E-state index is 13.7. The van der Waals surface area contributed by atoms with Gasteiger partial charge in [0, 0.05) is 13.5 Å². The largest absolute Gasteiger partial charge is 0.387 e. The maximum Gasteiger partial charge on any atom is 0.223 e. The first-order chi connectivity index (χ1) is 10.6. The number of aliphatic hydroxyl groups is 1. The van der Waals surface area contributed by atoms with Crippen LogP contribution in [0, 0.1) is 18.6 Å². The van der Waals surface area contributed by atoms with Gasteiger partial charge in [-0.1, -0.05) is 11.2 Å². The van der Waals surface area contributed by atoms with Crippen molar-refractivity contribution in [2.45, 2.75) is 31.9 Å². The molecule has 1 aromatic carbocycles. The van der Waals surface area contributed by atoms with Crippen molar-refractivity contribution >= 4 is 0 Å². The molecule has 2 atom stereocenters. The Hall–Kier alpha value is -1.86. The Kier molecular flexibility index (Phi) is 4.17. The minimum atomic E-state index is -1.24. The van der Waals surface area contributed by atoms with Crippen LogP contribution in [0.3, 0.4) is 0 Å². The molecule has 22 heavy (non-hydrogen) atoms. The number of β-amino-alcohol motifs (C(OH)–C–C–N with tert-alkyl or cyclic N) is 1. The van der Waals surface area contributed by atoms with E-state index in [4.69, 9.17) is 4.52 Å². The zero-order valence-electron chi connectivity index (χ0n) is 12.2. The Bertz CT molecular complexity index is 642. The van der Waals surface area contributed by atoms with Crippen LogP contribution in [0.4, 0.5) is 8.78 Å². The average Bonchev–Trinajstić information content (AvgIpc) is 3.07. The van der Waals surface area contributed by atoms with E-state index in [1.165, 1.54) is 6.07 Å². The fourth-order valence-corrected chi connectivity index (χ4v) is 2.93. The van der Waals surface area contributed by atoms with E-state index in [9.17, 15) is 13.9 Å². The molecule has 0 saturated carbocycles. The molecule has 0 aliphatic carbocycles. The summed E-state index contributed by atoms with van der Waals surface area (Å²) in [5.74, 6) is -0.448. The number of benzene rings is 1. The van der Waals surface area contributed by atoms with Gasteiger partial charge in [-0.15, -0.1) is 0 Å². The number of nitrogens with zero attached hydrogens (tertiary/aromatic N) is 3. The van der Waals surface area contributed by atoms with Gasteiger partial charge in [0.05, 0.1) is 17.7 Å². The summed E-state index contributed by atoms with van der Waals surface area (Å²) >= 11 is 0. The highest BCUT2D eigenvalue weighted by atomic mass is 19.1. The summed E-state index contributed by atoms with van der Waals surface area (Å²) in [6, 6.07) is 3.47. The SMILES string of the molecule is Cc1nc([C@@H]2CCCN2C[C@H](O)c2c(F)cccc2F)no1. The van der Waals surface area contributed by atoms with Gasteiger partial charge in [0.2, 0.25) is 5.89 Å². The van der Waals surface area contributed by atoms with E-state index in [1.54, 1.807) is 6.92 Å². The molecule has 0 bridgehead atoms. The van der Waals surface area contributed by atoms with E-state index < -0.39 is 17.7 Å². The maximum absolute atomic E-state index is 13.7. The quantitative estimate of drug-likeness (QED) is 0.940. The molecule has 3 rings (SSSR count). The molecular weight excluding hydrogens is 292 g/mol. The van der Waals surface area contributed by atoms with E-state index in [2.05, 4.69) is 10.1 Å². The molecule has 5 nitrogen and oxygen atoms in total. The molecule has 1 N–H and O–H groups in total. The zero-order valence-corrected chi connectivity index (χ0v) is 12.2. The van der Waals surface area contributed by atoms with E-state index in [0.717, 1.165) is 25.0 Å². The van der Waals surface area contributed by atoms with Gasteiger partial charge in [-0.2, -0.15) is 4.98 Å². The summed E-state index contributed by atoms with van der Waals surface area (Å²) in [5, 5.41) is 14.1. The third kappa shape index (κ3) is 2.86. The summed E-state index contributed by atoms with van der Waals surface area (Å²) in [7, 11) is 0. The lowest BCUT2D eigenvalue weighted by atomic mass is 10.1. The van der Waals surface area contributed by atoms with Gasteiger partial charge in [-0.3, -0.25) is 4.90 Å². The van der Waals surface area contributed by atoms with Crippen molar-refractivity contribution in [2.75, 3.05) is 13.1 Å². The summed E-state index contributed by atoms with van der Waals surface area (Å²) in [6.07, 6.45) is 0.491. The number of aryl methyl sites for hydroxylation is 1. The fourth-order valence-electron chi connectivity index (χ4n) is 2.93. The van der Waals surface area contributed by atoms with Crippen LogP contribution in [0.5, 0.6) is 0 Å². The van der Waals surface area contributed by atoms with Crippen molar-refractivity contribution in [3.63, 3.8) is 0 Å². The van der Waals surface area contributed by atoms with Crippen molar-refractivity contribution in [3.8, 4) is 0 Å². The van der Waals surface area contributed by atoms with Crippen molar-refractivity contribution in [1.29, 1.82) is 0 Å².